The number of phenolic OH excluding ortho intramolecular Hbond substituents is 1. The lowest BCUT2D eigenvalue weighted by atomic mass is 10.1. The summed E-state index contributed by atoms with van der Waals surface area (Å²) in [5.74, 6) is 0.400. The van der Waals surface area contributed by atoms with Crippen LogP contribution in [0, 0.1) is 0 Å². The Morgan fingerprint density at radius 3 is 2.61 bits per heavy atom. The van der Waals surface area contributed by atoms with Gasteiger partial charge in [-0.25, -0.2) is 0 Å². The molecule has 8 heteroatoms. The molecule has 0 saturated heterocycles. The quantitative estimate of drug-likeness (QED) is 0.177. The van der Waals surface area contributed by atoms with Crippen molar-refractivity contribution in [1.82, 2.24) is 9.78 Å². The Labute approximate surface area is 199 Å². The number of hydrogen-bond acceptors (Lipinski definition) is 3. The number of rotatable bonds is 11. The van der Waals surface area contributed by atoms with Gasteiger partial charge in [0, 0.05) is 16.7 Å². The predicted molar refractivity (Wildman–Crippen MR) is 132 cm³/mol. The van der Waals surface area contributed by atoms with Gasteiger partial charge in [0.2, 0.25) is 0 Å². The molecule has 3 rings (SSSR count). The first-order valence-electron chi connectivity index (χ1n) is 10.5. The van der Waals surface area contributed by atoms with Crippen molar-refractivity contribution in [3.05, 3.63) is 89.6 Å². The maximum atomic E-state index is 14.2. The third kappa shape index (κ3) is 7.15. The van der Waals surface area contributed by atoms with E-state index >= 15 is 0 Å². The van der Waals surface area contributed by atoms with Gasteiger partial charge in [0.1, 0.15) is 17.2 Å². The lowest BCUT2D eigenvalue weighted by molar-refractivity contribution is 0.0929. The summed E-state index contributed by atoms with van der Waals surface area (Å²) in [7, 11) is 1.55. The second-order valence-electron chi connectivity index (χ2n) is 7.51. The van der Waals surface area contributed by atoms with Crippen molar-refractivity contribution >= 4 is 20.8 Å². The third-order valence-corrected chi connectivity index (χ3v) is 5.53. The van der Waals surface area contributed by atoms with Crippen molar-refractivity contribution in [3.8, 4) is 22.8 Å². The van der Waals surface area contributed by atoms with Crippen LogP contribution in [-0.4, -0.2) is 21.5 Å². The number of ether oxygens (including phenoxy) is 1. The van der Waals surface area contributed by atoms with E-state index in [1.165, 1.54) is 16.8 Å². The molecule has 0 bridgehead atoms. The molecule has 0 aliphatic rings. The minimum atomic E-state index is -3.16. The zero-order valence-corrected chi connectivity index (χ0v) is 20.0. The van der Waals surface area contributed by atoms with Gasteiger partial charge in [0.05, 0.1) is 18.8 Å². The molecule has 1 atom stereocenters. The minimum Gasteiger partial charge on any atom is -0.507 e. The van der Waals surface area contributed by atoms with Crippen LogP contribution in [-0.2, 0) is 12.2 Å². The molecule has 33 heavy (non-hydrogen) atoms. The van der Waals surface area contributed by atoms with E-state index in [0.29, 0.717) is 17.9 Å². The van der Waals surface area contributed by atoms with Gasteiger partial charge in [-0.3, -0.25) is 4.68 Å². The van der Waals surface area contributed by atoms with Crippen LogP contribution in [0.15, 0.2) is 78.4 Å². The predicted octanol–water partition coefficient (Wildman–Crippen LogP) is 7.09. The van der Waals surface area contributed by atoms with E-state index in [0.717, 1.165) is 29.9 Å². The highest BCUT2D eigenvalue weighted by Gasteiger charge is 2.31. The zero-order chi connectivity index (χ0) is 23.8. The fraction of sp³-hybridized carbons (Fsp3) is 0.240. The average Bonchev–Trinajstić information content (AvgIpc) is 3.18. The van der Waals surface area contributed by atoms with Crippen molar-refractivity contribution in [2.45, 2.75) is 31.5 Å². The third-order valence-electron chi connectivity index (χ3n) is 4.92. The molecule has 0 amide bonds. The number of alkyl halides is 2. The van der Waals surface area contributed by atoms with Crippen LogP contribution in [0.3, 0.4) is 0 Å². The first kappa shape index (κ1) is 24.9. The van der Waals surface area contributed by atoms with Crippen LogP contribution in [0.1, 0.15) is 30.5 Å². The minimum absolute atomic E-state index is 0.0903. The first-order chi connectivity index (χ1) is 15.8. The van der Waals surface area contributed by atoms with Gasteiger partial charge in [0.15, 0.2) is 0 Å². The normalized spacial score (nSPS) is 12.1. The molecule has 1 heterocycles. The Morgan fingerprint density at radius 1 is 1.18 bits per heavy atom. The van der Waals surface area contributed by atoms with Crippen molar-refractivity contribution < 1.29 is 18.6 Å². The fourth-order valence-electron chi connectivity index (χ4n) is 3.31. The molecule has 0 aliphatic carbocycles. The number of allylic oxidation sites excluding steroid dienone is 3. The van der Waals surface area contributed by atoms with Gasteiger partial charge in [-0.1, -0.05) is 63.8 Å². The number of aromatic nitrogens is 2. The summed E-state index contributed by atoms with van der Waals surface area (Å²) in [6, 6.07) is 15.3. The Morgan fingerprint density at radius 2 is 1.94 bits per heavy atom. The average molecular weight is 491 g/mol. The van der Waals surface area contributed by atoms with E-state index in [1.54, 1.807) is 33.5 Å². The van der Waals surface area contributed by atoms with Gasteiger partial charge < -0.3 is 9.84 Å². The van der Waals surface area contributed by atoms with Gasteiger partial charge in [-0.2, -0.15) is 13.9 Å². The van der Waals surface area contributed by atoms with E-state index in [9.17, 15) is 13.9 Å². The van der Waals surface area contributed by atoms with Gasteiger partial charge in [-0.15, -0.1) is 0 Å². The zero-order valence-electron chi connectivity index (χ0n) is 18.1. The number of halogens is 3. The second kappa shape index (κ2) is 11.4. The Hall–Kier alpha value is -2.69. The van der Waals surface area contributed by atoms with Crippen LogP contribution in [0.4, 0.5) is 8.78 Å². The number of hydrogen-bond donors (Lipinski definition) is 1. The number of unbranched alkanes of at least 4 members (excludes halogenated alkanes) is 1. The monoisotopic (exact) mass is 490 g/mol. The Bertz CT molecular complexity index is 1110. The van der Waals surface area contributed by atoms with E-state index < -0.39 is 5.66 Å². The summed E-state index contributed by atoms with van der Waals surface area (Å²) in [6.45, 7) is 4.26. The summed E-state index contributed by atoms with van der Waals surface area (Å²) < 4.78 is 35.4. The molecular formula is C25H26ClF2N2O2P. The largest absolute Gasteiger partial charge is 0.507 e. The van der Waals surface area contributed by atoms with Crippen LogP contribution in [0.25, 0.3) is 11.3 Å². The van der Waals surface area contributed by atoms with Crippen molar-refractivity contribution in [2.75, 3.05) is 6.61 Å². The molecule has 4 nitrogen and oxygen atoms in total. The van der Waals surface area contributed by atoms with Gasteiger partial charge in [0.25, 0.3) is 5.66 Å². The summed E-state index contributed by atoms with van der Waals surface area (Å²) in [6.07, 6.45) is 5.81. The lowest BCUT2D eigenvalue weighted by Crippen LogP contribution is -2.13. The first-order valence-corrected chi connectivity index (χ1v) is 11.5. The molecule has 0 fully saturated rings. The molecule has 0 aliphatic heterocycles. The van der Waals surface area contributed by atoms with Crippen molar-refractivity contribution in [2.24, 2.45) is 0 Å². The summed E-state index contributed by atoms with van der Waals surface area (Å²) in [5, 5.41) is 15.6. The van der Waals surface area contributed by atoms with E-state index in [-0.39, 0.29) is 23.7 Å². The van der Waals surface area contributed by atoms with E-state index in [1.807, 2.05) is 30.3 Å². The highest BCUT2D eigenvalue weighted by Crippen LogP contribution is 2.39. The van der Waals surface area contributed by atoms with Gasteiger partial charge >= 0.3 is 0 Å². The lowest BCUT2D eigenvalue weighted by Gasteiger charge is -2.12. The van der Waals surface area contributed by atoms with Crippen LogP contribution in [0.2, 0.25) is 0 Å². The van der Waals surface area contributed by atoms with Crippen molar-refractivity contribution in [3.63, 3.8) is 0 Å². The highest BCUT2D eigenvalue weighted by atomic mass is 35.5. The molecule has 3 aromatic rings. The molecule has 0 radical (unpaired) electrons. The smallest absolute Gasteiger partial charge is 0.299 e. The molecule has 2 aromatic carbocycles. The number of phenols is 1. The van der Waals surface area contributed by atoms with Crippen LogP contribution in [0.5, 0.6) is 11.5 Å². The molecule has 1 N–H and O–H groups in total. The molecule has 0 saturated carbocycles. The Kier molecular flexibility index (Phi) is 8.65. The van der Waals surface area contributed by atoms with E-state index in [2.05, 4.69) is 11.7 Å². The molecule has 1 unspecified atom stereocenters. The number of nitrogens with zero attached hydrogens (tertiary/aromatic N) is 2. The summed E-state index contributed by atoms with van der Waals surface area (Å²) >= 11 is 6.02. The standard InChI is InChI=1S/C25H26ClF2N2O2P/c1-2-8-19(26)11-6-7-14-32-20-12-13-21(23(31)15-20)22-16-24(25(27,28)33)30(29-22)17-18-9-4-3-5-10-18/h2-5,8-10,12-13,15-16,31H,1,6-7,11,14,17,33H2/b19-8+. The summed E-state index contributed by atoms with van der Waals surface area (Å²) in [5.41, 5.74) is -1.96. The topological polar surface area (TPSA) is 47.3 Å². The highest BCUT2D eigenvalue weighted by molar-refractivity contribution is 7.17. The fourth-order valence-corrected chi connectivity index (χ4v) is 3.76. The molecule has 0 spiro atoms. The van der Waals surface area contributed by atoms with E-state index in [4.69, 9.17) is 16.3 Å². The van der Waals surface area contributed by atoms with Crippen LogP contribution < -0.4 is 4.74 Å². The number of benzene rings is 2. The number of aromatic hydroxyl groups is 1. The molecule has 174 valence electrons. The maximum Gasteiger partial charge on any atom is 0.299 e. The molecule has 1 aromatic heterocycles. The maximum absolute atomic E-state index is 14.2. The molecular weight excluding hydrogens is 465 g/mol. The van der Waals surface area contributed by atoms with Crippen molar-refractivity contribution in [1.29, 1.82) is 0 Å². The Balaban J connectivity index is 1.71. The summed E-state index contributed by atoms with van der Waals surface area (Å²) in [4.78, 5) is 0. The SMILES string of the molecule is C=C/C=C(/Cl)CCCCOc1ccc(-c2cc(C(F)(F)P)n(Cc3ccccc3)n2)c(O)c1. The second-order valence-corrected chi connectivity index (χ2v) is 8.73. The van der Waals surface area contributed by atoms with Crippen LogP contribution >= 0.6 is 20.8 Å². The van der Waals surface area contributed by atoms with Gasteiger partial charge in [-0.05, 0) is 49.1 Å².